The Bertz CT molecular complexity index is 529. The van der Waals surface area contributed by atoms with E-state index in [1.165, 1.54) is 18.0 Å². The first kappa shape index (κ1) is 14.7. The number of benzene rings is 1. The van der Waals surface area contributed by atoms with Crippen LogP contribution in [0.2, 0.25) is 0 Å². The maximum Gasteiger partial charge on any atom is 0.257 e. The van der Waals surface area contributed by atoms with Crippen LogP contribution in [0.15, 0.2) is 21.1 Å². The van der Waals surface area contributed by atoms with Crippen LogP contribution in [0.5, 0.6) is 5.75 Å². The fourth-order valence-electron chi connectivity index (χ4n) is 1.99. The summed E-state index contributed by atoms with van der Waals surface area (Å²) >= 11 is 6.35. The normalized spacial score (nSPS) is 17.9. The molecule has 0 heterocycles. The first-order chi connectivity index (χ1) is 8.71. The molecule has 0 aliphatic heterocycles. The van der Waals surface area contributed by atoms with Crippen molar-refractivity contribution in [1.82, 2.24) is 4.90 Å². The zero-order valence-corrected chi connectivity index (χ0v) is 13.1. The highest BCUT2D eigenvalue weighted by atomic mass is 79.9. The Labute approximate surface area is 125 Å². The lowest BCUT2D eigenvalue weighted by Gasteiger charge is -2.40. The highest BCUT2D eigenvalue weighted by molar-refractivity contribution is 9.11. The minimum absolute atomic E-state index is 0.0824. The van der Waals surface area contributed by atoms with E-state index in [2.05, 4.69) is 31.9 Å². The van der Waals surface area contributed by atoms with Gasteiger partial charge in [0.25, 0.3) is 11.8 Å². The number of rotatable bonds is 2. The number of carbonyl (C=O) groups excluding carboxylic acids is 1. The molecule has 2 rings (SSSR count). The van der Waals surface area contributed by atoms with Gasteiger partial charge in [-0.2, -0.15) is 0 Å². The second-order valence-corrected chi connectivity index (χ2v) is 6.39. The van der Waals surface area contributed by atoms with Gasteiger partial charge >= 0.3 is 0 Å². The Balaban J connectivity index is 2.21. The second-order valence-electron chi connectivity index (χ2n) is 4.62. The molecule has 1 aromatic carbocycles. The van der Waals surface area contributed by atoms with Crippen molar-refractivity contribution in [3.05, 3.63) is 26.6 Å². The molecule has 1 fully saturated rings. The van der Waals surface area contributed by atoms with Crippen molar-refractivity contribution < 1.29 is 18.7 Å². The topological polar surface area (TPSA) is 40.5 Å². The van der Waals surface area contributed by atoms with E-state index < -0.39 is 17.9 Å². The lowest BCUT2D eigenvalue weighted by molar-refractivity contribution is -0.112. The molecule has 7 heteroatoms. The summed E-state index contributed by atoms with van der Waals surface area (Å²) in [7, 11) is 1.47. The van der Waals surface area contributed by atoms with Gasteiger partial charge in [0.05, 0.1) is 10.0 Å². The molecule has 0 spiro atoms. The number of carbonyl (C=O) groups is 1. The van der Waals surface area contributed by atoms with E-state index in [9.17, 15) is 18.7 Å². The summed E-state index contributed by atoms with van der Waals surface area (Å²) in [6.45, 7) is 0. The molecule has 0 atom stereocenters. The molecular weight excluding hydrogens is 388 g/mol. The number of aromatic hydroxyl groups is 1. The Hall–Kier alpha value is -0.690. The summed E-state index contributed by atoms with van der Waals surface area (Å²) in [4.78, 5) is 13.4. The third-order valence-corrected chi connectivity index (χ3v) is 4.26. The molecule has 1 aliphatic rings. The number of hydrogen-bond acceptors (Lipinski definition) is 2. The van der Waals surface area contributed by atoms with E-state index in [1.807, 2.05) is 0 Å². The van der Waals surface area contributed by atoms with Crippen LogP contribution in [-0.2, 0) is 0 Å². The Morgan fingerprint density at radius 2 is 2.00 bits per heavy atom. The molecule has 1 aromatic rings. The molecule has 0 unspecified atom stereocenters. The van der Waals surface area contributed by atoms with Crippen LogP contribution in [-0.4, -0.2) is 34.9 Å². The van der Waals surface area contributed by atoms with Gasteiger partial charge in [-0.05, 0) is 28.1 Å². The molecule has 0 radical (unpaired) electrons. The first-order valence-electron chi connectivity index (χ1n) is 5.54. The van der Waals surface area contributed by atoms with Crippen molar-refractivity contribution in [2.24, 2.45) is 0 Å². The Kier molecular flexibility index (Phi) is 3.88. The zero-order chi connectivity index (χ0) is 14.4. The molecule has 0 saturated heterocycles. The lowest BCUT2D eigenvalue weighted by atomic mass is 9.87. The zero-order valence-electron chi connectivity index (χ0n) is 9.96. The number of amides is 1. The molecular formula is C12H11Br2F2NO2. The molecule has 1 saturated carbocycles. The first-order valence-corrected chi connectivity index (χ1v) is 7.13. The summed E-state index contributed by atoms with van der Waals surface area (Å²) in [5.74, 6) is -3.34. The van der Waals surface area contributed by atoms with Gasteiger partial charge in [0, 0.05) is 30.4 Å². The summed E-state index contributed by atoms with van der Waals surface area (Å²) in [6.07, 6.45) is -0.656. The van der Waals surface area contributed by atoms with Gasteiger partial charge < -0.3 is 10.0 Å². The van der Waals surface area contributed by atoms with Gasteiger partial charge in [0.2, 0.25) is 0 Å². The molecule has 1 aliphatic carbocycles. The largest absolute Gasteiger partial charge is 0.506 e. The fraction of sp³-hybridized carbons (Fsp3) is 0.417. The van der Waals surface area contributed by atoms with Crippen molar-refractivity contribution in [2.45, 2.75) is 24.8 Å². The van der Waals surface area contributed by atoms with Crippen LogP contribution in [0.1, 0.15) is 23.2 Å². The van der Waals surface area contributed by atoms with E-state index in [1.54, 1.807) is 6.07 Å². The van der Waals surface area contributed by atoms with E-state index in [-0.39, 0.29) is 24.2 Å². The number of phenolic OH excluding ortho intramolecular Hbond substituents is 1. The van der Waals surface area contributed by atoms with Gasteiger partial charge in [-0.15, -0.1) is 0 Å². The van der Waals surface area contributed by atoms with E-state index in [0.717, 1.165) is 0 Å². The second kappa shape index (κ2) is 5.01. The van der Waals surface area contributed by atoms with Crippen molar-refractivity contribution in [2.75, 3.05) is 7.05 Å². The molecule has 1 amide bonds. The van der Waals surface area contributed by atoms with Crippen LogP contribution in [0.3, 0.4) is 0 Å². The van der Waals surface area contributed by atoms with Crippen molar-refractivity contribution in [3.63, 3.8) is 0 Å². The molecule has 3 nitrogen and oxygen atoms in total. The molecule has 19 heavy (non-hydrogen) atoms. The highest BCUT2D eigenvalue weighted by Crippen LogP contribution is 2.41. The maximum absolute atomic E-state index is 12.8. The summed E-state index contributed by atoms with van der Waals surface area (Å²) in [6, 6.07) is 2.58. The quantitative estimate of drug-likeness (QED) is 0.823. The monoisotopic (exact) mass is 397 g/mol. The highest BCUT2D eigenvalue weighted by Gasteiger charge is 2.48. The van der Waals surface area contributed by atoms with Crippen LogP contribution in [0.25, 0.3) is 0 Å². The van der Waals surface area contributed by atoms with Crippen molar-refractivity contribution in [3.8, 4) is 5.75 Å². The van der Waals surface area contributed by atoms with Crippen LogP contribution >= 0.6 is 31.9 Å². The Morgan fingerprint density at radius 1 is 1.42 bits per heavy atom. The SMILES string of the molecule is CN(C(=O)c1cc(Br)cc(Br)c1O)C1CC(F)(F)C1. The smallest absolute Gasteiger partial charge is 0.257 e. The van der Waals surface area contributed by atoms with Gasteiger partial charge in [-0.3, -0.25) is 4.79 Å². The maximum atomic E-state index is 12.8. The van der Waals surface area contributed by atoms with Crippen molar-refractivity contribution in [1.29, 1.82) is 0 Å². The van der Waals surface area contributed by atoms with E-state index in [4.69, 9.17) is 0 Å². The van der Waals surface area contributed by atoms with E-state index >= 15 is 0 Å². The third kappa shape index (κ3) is 2.91. The number of alkyl halides is 2. The number of nitrogens with zero attached hydrogens (tertiary/aromatic N) is 1. The molecule has 0 aromatic heterocycles. The Morgan fingerprint density at radius 3 is 2.53 bits per heavy atom. The van der Waals surface area contributed by atoms with Crippen LogP contribution in [0.4, 0.5) is 8.78 Å². The van der Waals surface area contributed by atoms with Gasteiger partial charge in [0.1, 0.15) is 5.75 Å². The van der Waals surface area contributed by atoms with Crippen LogP contribution in [0, 0.1) is 0 Å². The molecule has 0 bridgehead atoms. The fourth-order valence-corrected chi connectivity index (χ4v) is 3.21. The summed E-state index contributed by atoms with van der Waals surface area (Å²) < 4.78 is 26.6. The van der Waals surface area contributed by atoms with E-state index in [0.29, 0.717) is 8.95 Å². The number of halogens is 4. The van der Waals surface area contributed by atoms with Gasteiger partial charge in [-0.1, -0.05) is 15.9 Å². The number of phenols is 1. The number of hydrogen-bond donors (Lipinski definition) is 1. The van der Waals surface area contributed by atoms with Gasteiger partial charge in [0.15, 0.2) is 0 Å². The third-order valence-electron chi connectivity index (χ3n) is 3.20. The molecule has 104 valence electrons. The van der Waals surface area contributed by atoms with Crippen LogP contribution < -0.4 is 0 Å². The average Bonchev–Trinajstić information content (AvgIpc) is 2.28. The van der Waals surface area contributed by atoms with Gasteiger partial charge in [-0.25, -0.2) is 8.78 Å². The minimum atomic E-state index is -2.68. The summed E-state index contributed by atoms with van der Waals surface area (Å²) in [5.41, 5.74) is 0.0824. The molecule has 1 N–H and O–H groups in total. The predicted octanol–water partition coefficient (Wildman–Crippen LogP) is 3.79. The lowest BCUT2D eigenvalue weighted by Crippen LogP contribution is -2.51. The average molecular weight is 399 g/mol. The minimum Gasteiger partial charge on any atom is -0.506 e. The van der Waals surface area contributed by atoms with Crippen molar-refractivity contribution >= 4 is 37.8 Å². The predicted molar refractivity (Wildman–Crippen MR) is 73.6 cm³/mol. The summed E-state index contributed by atoms with van der Waals surface area (Å²) in [5, 5.41) is 9.85. The standard InChI is InChI=1S/C12H11Br2F2NO2/c1-17(7-4-12(15,16)5-7)11(19)8-2-6(13)3-9(14)10(8)18/h2-3,7,18H,4-5H2,1H3.